The van der Waals surface area contributed by atoms with E-state index in [1.807, 2.05) is 0 Å². The highest BCUT2D eigenvalue weighted by atomic mass is 19.1. The molecule has 18 heavy (non-hydrogen) atoms. The summed E-state index contributed by atoms with van der Waals surface area (Å²) < 4.78 is 29.1. The van der Waals surface area contributed by atoms with E-state index in [1.165, 1.54) is 21.3 Å². The quantitative estimate of drug-likeness (QED) is 0.431. The van der Waals surface area contributed by atoms with Crippen molar-refractivity contribution in [3.05, 3.63) is 29.6 Å². The zero-order chi connectivity index (χ0) is 13.5. The molecule has 102 valence electrons. The van der Waals surface area contributed by atoms with Gasteiger partial charge in [0.15, 0.2) is 17.9 Å². The standard InChI is InChI=1S/C12H19FN2O3/c1-16-10-6-4-5-8(11(10)13)7-9(15-14)12(17-2)18-3/h4-6,9,12,15H,7,14H2,1-3H3. The Bertz CT molecular complexity index is 372. The monoisotopic (exact) mass is 258 g/mol. The van der Waals surface area contributed by atoms with Crippen LogP contribution in [0.1, 0.15) is 5.56 Å². The molecule has 0 heterocycles. The Labute approximate surface area is 106 Å². The Hall–Kier alpha value is -1.21. The van der Waals surface area contributed by atoms with E-state index in [0.717, 1.165) is 0 Å². The zero-order valence-corrected chi connectivity index (χ0v) is 10.8. The van der Waals surface area contributed by atoms with Crippen LogP contribution in [0, 0.1) is 5.82 Å². The first-order valence-electron chi connectivity index (χ1n) is 5.51. The van der Waals surface area contributed by atoms with Crippen molar-refractivity contribution < 1.29 is 18.6 Å². The van der Waals surface area contributed by atoms with Crippen LogP contribution in [0.4, 0.5) is 4.39 Å². The SMILES string of the molecule is COc1cccc(CC(NN)C(OC)OC)c1F. The molecule has 1 atom stereocenters. The van der Waals surface area contributed by atoms with Gasteiger partial charge < -0.3 is 14.2 Å². The second kappa shape index (κ2) is 7.27. The molecule has 0 aliphatic carbocycles. The van der Waals surface area contributed by atoms with Gasteiger partial charge in [-0.1, -0.05) is 12.1 Å². The van der Waals surface area contributed by atoms with Crippen molar-refractivity contribution in [1.82, 2.24) is 5.43 Å². The van der Waals surface area contributed by atoms with E-state index in [4.69, 9.17) is 20.1 Å². The van der Waals surface area contributed by atoms with Crippen LogP contribution in [0.25, 0.3) is 0 Å². The van der Waals surface area contributed by atoms with Crippen LogP contribution in [0.15, 0.2) is 18.2 Å². The lowest BCUT2D eigenvalue weighted by molar-refractivity contribution is -0.122. The van der Waals surface area contributed by atoms with Crippen molar-refractivity contribution in [3.8, 4) is 5.75 Å². The maximum atomic E-state index is 14.0. The molecule has 1 unspecified atom stereocenters. The van der Waals surface area contributed by atoms with Gasteiger partial charge in [0.2, 0.25) is 0 Å². The predicted molar refractivity (Wildman–Crippen MR) is 65.6 cm³/mol. The summed E-state index contributed by atoms with van der Waals surface area (Å²) in [4.78, 5) is 0. The second-order valence-electron chi connectivity index (χ2n) is 3.75. The lowest BCUT2D eigenvalue weighted by Crippen LogP contribution is -2.47. The molecule has 0 fully saturated rings. The number of nitrogens with two attached hydrogens (primary N) is 1. The first-order valence-corrected chi connectivity index (χ1v) is 5.51. The molecule has 6 heteroatoms. The second-order valence-corrected chi connectivity index (χ2v) is 3.75. The Kier molecular flexibility index (Phi) is 6.00. The third kappa shape index (κ3) is 3.39. The third-order valence-corrected chi connectivity index (χ3v) is 2.71. The highest BCUT2D eigenvalue weighted by Gasteiger charge is 2.22. The highest BCUT2D eigenvalue weighted by Crippen LogP contribution is 2.21. The van der Waals surface area contributed by atoms with Crippen LogP contribution < -0.4 is 16.0 Å². The normalized spacial score (nSPS) is 12.8. The van der Waals surface area contributed by atoms with Crippen LogP contribution in [0.5, 0.6) is 5.75 Å². The van der Waals surface area contributed by atoms with Crippen LogP contribution in [-0.2, 0) is 15.9 Å². The number of ether oxygens (including phenoxy) is 3. The number of rotatable bonds is 7. The van der Waals surface area contributed by atoms with Crippen LogP contribution in [0.2, 0.25) is 0 Å². The van der Waals surface area contributed by atoms with Gasteiger partial charge in [0.25, 0.3) is 0 Å². The van der Waals surface area contributed by atoms with Crippen molar-refractivity contribution in [1.29, 1.82) is 0 Å². The van der Waals surface area contributed by atoms with Crippen molar-refractivity contribution in [2.45, 2.75) is 18.8 Å². The fourth-order valence-electron chi connectivity index (χ4n) is 1.77. The number of methoxy groups -OCH3 is 3. The molecule has 0 aliphatic rings. The van der Waals surface area contributed by atoms with Gasteiger partial charge in [0, 0.05) is 14.2 Å². The summed E-state index contributed by atoms with van der Waals surface area (Å²) in [7, 11) is 4.43. The molecule has 3 N–H and O–H groups in total. The van der Waals surface area contributed by atoms with Gasteiger partial charge in [0.05, 0.1) is 13.2 Å². The number of benzene rings is 1. The molecule has 0 saturated carbocycles. The minimum Gasteiger partial charge on any atom is -0.494 e. The summed E-state index contributed by atoms with van der Waals surface area (Å²) >= 11 is 0. The summed E-state index contributed by atoms with van der Waals surface area (Å²) in [6, 6.07) is 4.60. The number of hydrogen-bond acceptors (Lipinski definition) is 5. The number of halogens is 1. The molecule has 1 rings (SSSR count). The topological polar surface area (TPSA) is 65.7 Å². The van der Waals surface area contributed by atoms with Gasteiger partial charge >= 0.3 is 0 Å². The minimum atomic E-state index is -0.555. The van der Waals surface area contributed by atoms with Crippen LogP contribution in [0.3, 0.4) is 0 Å². The number of nitrogens with one attached hydrogen (secondary N) is 1. The molecule has 1 aromatic rings. The average molecular weight is 258 g/mol. The molecule has 5 nitrogen and oxygen atoms in total. The summed E-state index contributed by atoms with van der Waals surface area (Å²) in [5.74, 6) is 5.24. The molecule has 0 aliphatic heterocycles. The summed E-state index contributed by atoms with van der Waals surface area (Å²) in [6.45, 7) is 0. The Morgan fingerprint density at radius 1 is 1.28 bits per heavy atom. The van der Waals surface area contributed by atoms with Gasteiger partial charge in [-0.3, -0.25) is 11.3 Å². The van der Waals surface area contributed by atoms with E-state index < -0.39 is 12.1 Å². The molecule has 0 spiro atoms. The lowest BCUT2D eigenvalue weighted by atomic mass is 10.0. The zero-order valence-electron chi connectivity index (χ0n) is 10.8. The molecular weight excluding hydrogens is 239 g/mol. The molecule has 0 bridgehead atoms. The van der Waals surface area contributed by atoms with E-state index in [9.17, 15) is 4.39 Å². The molecule has 0 amide bonds. The van der Waals surface area contributed by atoms with Crippen molar-refractivity contribution >= 4 is 0 Å². The molecular formula is C12H19FN2O3. The van der Waals surface area contributed by atoms with Crippen molar-refractivity contribution in [2.75, 3.05) is 21.3 Å². The summed E-state index contributed by atoms with van der Waals surface area (Å²) in [5.41, 5.74) is 3.04. The van der Waals surface area contributed by atoms with E-state index in [1.54, 1.807) is 18.2 Å². The Balaban J connectivity index is 2.88. The van der Waals surface area contributed by atoms with Crippen molar-refractivity contribution in [3.63, 3.8) is 0 Å². The fraction of sp³-hybridized carbons (Fsp3) is 0.500. The van der Waals surface area contributed by atoms with Gasteiger partial charge in [0.1, 0.15) is 0 Å². The van der Waals surface area contributed by atoms with Crippen LogP contribution in [-0.4, -0.2) is 33.7 Å². The first kappa shape index (κ1) is 14.8. The van der Waals surface area contributed by atoms with Gasteiger partial charge in [-0.2, -0.15) is 0 Å². The van der Waals surface area contributed by atoms with E-state index in [2.05, 4.69) is 5.43 Å². The largest absolute Gasteiger partial charge is 0.494 e. The number of hydrazine groups is 1. The van der Waals surface area contributed by atoms with Gasteiger partial charge in [-0.25, -0.2) is 4.39 Å². The van der Waals surface area contributed by atoms with Gasteiger partial charge in [-0.15, -0.1) is 0 Å². The van der Waals surface area contributed by atoms with E-state index in [0.29, 0.717) is 12.0 Å². The molecule has 0 radical (unpaired) electrons. The molecule has 1 aromatic carbocycles. The van der Waals surface area contributed by atoms with Crippen molar-refractivity contribution in [2.24, 2.45) is 5.84 Å². The predicted octanol–water partition coefficient (Wildman–Crippen LogP) is 0.828. The maximum absolute atomic E-state index is 14.0. The third-order valence-electron chi connectivity index (χ3n) is 2.71. The minimum absolute atomic E-state index is 0.203. The lowest BCUT2D eigenvalue weighted by Gasteiger charge is -2.24. The summed E-state index contributed by atoms with van der Waals surface area (Å²) in [5, 5.41) is 0. The first-order chi connectivity index (χ1) is 8.67. The molecule has 0 aromatic heterocycles. The smallest absolute Gasteiger partial charge is 0.173 e. The van der Waals surface area contributed by atoms with E-state index >= 15 is 0 Å². The number of hydrogen-bond donors (Lipinski definition) is 2. The fourth-order valence-corrected chi connectivity index (χ4v) is 1.77. The van der Waals surface area contributed by atoms with Gasteiger partial charge in [-0.05, 0) is 18.1 Å². The maximum Gasteiger partial charge on any atom is 0.173 e. The average Bonchev–Trinajstić information content (AvgIpc) is 2.40. The highest BCUT2D eigenvalue weighted by molar-refractivity contribution is 5.31. The Morgan fingerprint density at radius 2 is 1.94 bits per heavy atom. The Morgan fingerprint density at radius 3 is 2.44 bits per heavy atom. The van der Waals surface area contributed by atoms with E-state index in [-0.39, 0.29) is 11.8 Å². The van der Waals surface area contributed by atoms with Crippen LogP contribution >= 0.6 is 0 Å². The summed E-state index contributed by atoms with van der Waals surface area (Å²) in [6.07, 6.45) is -0.230. The molecule has 0 saturated heterocycles.